The average molecular weight is 229 g/mol. The normalized spacial score (nSPS) is 15.2. The molecule has 0 bridgehead atoms. The molecule has 4 heteroatoms. The van der Waals surface area contributed by atoms with Crippen molar-refractivity contribution in [2.45, 2.75) is 45.3 Å². The molecule has 0 amide bonds. The van der Waals surface area contributed by atoms with Crippen molar-refractivity contribution in [2.24, 2.45) is 0 Å². The minimum Gasteiger partial charge on any atom is -0.390 e. The first-order chi connectivity index (χ1) is 7.17. The summed E-state index contributed by atoms with van der Waals surface area (Å²) < 4.78 is 5.26. The topological polar surface area (TPSA) is 42.4 Å². The molecule has 1 heterocycles. The van der Waals surface area contributed by atoms with Crippen LogP contribution in [0.4, 0.5) is 0 Å². The van der Waals surface area contributed by atoms with Crippen LogP contribution in [-0.4, -0.2) is 29.4 Å². The summed E-state index contributed by atoms with van der Waals surface area (Å²) in [6, 6.07) is 0. The van der Waals surface area contributed by atoms with E-state index in [0.717, 1.165) is 23.5 Å². The Morgan fingerprint density at radius 3 is 2.80 bits per heavy atom. The Morgan fingerprint density at radius 1 is 1.60 bits per heavy atom. The highest BCUT2D eigenvalue weighted by atomic mass is 32.1. The number of methoxy groups -OCH3 is 1. The van der Waals surface area contributed by atoms with Crippen molar-refractivity contribution in [3.63, 3.8) is 0 Å². The zero-order valence-electron chi connectivity index (χ0n) is 9.56. The van der Waals surface area contributed by atoms with Crippen LogP contribution in [0.1, 0.15) is 30.5 Å². The molecule has 0 saturated carbocycles. The Bertz CT molecular complexity index is 288. The third kappa shape index (κ3) is 3.89. The first-order valence-corrected chi connectivity index (χ1v) is 6.17. The fraction of sp³-hybridized carbons (Fsp3) is 0.727. The van der Waals surface area contributed by atoms with Crippen LogP contribution in [0, 0.1) is 6.92 Å². The second kappa shape index (κ2) is 6.20. The molecular weight excluding hydrogens is 210 g/mol. The first kappa shape index (κ1) is 12.6. The van der Waals surface area contributed by atoms with E-state index in [1.54, 1.807) is 18.4 Å². The van der Waals surface area contributed by atoms with Gasteiger partial charge in [-0.3, -0.25) is 0 Å². The monoisotopic (exact) mass is 229 g/mol. The zero-order chi connectivity index (χ0) is 11.3. The minimum absolute atomic E-state index is 0.0722. The molecule has 0 aliphatic heterocycles. The van der Waals surface area contributed by atoms with Crippen molar-refractivity contribution in [1.29, 1.82) is 0 Å². The fourth-order valence-corrected chi connectivity index (χ4v) is 2.23. The molecule has 0 saturated heterocycles. The van der Waals surface area contributed by atoms with Gasteiger partial charge in [0.15, 0.2) is 0 Å². The van der Waals surface area contributed by atoms with E-state index in [2.05, 4.69) is 11.9 Å². The van der Waals surface area contributed by atoms with Crippen molar-refractivity contribution < 1.29 is 9.84 Å². The highest BCUT2D eigenvalue weighted by Crippen LogP contribution is 2.14. The van der Waals surface area contributed by atoms with Crippen LogP contribution >= 0.6 is 11.3 Å². The molecule has 86 valence electrons. The van der Waals surface area contributed by atoms with Crippen LogP contribution in [0.2, 0.25) is 0 Å². The van der Waals surface area contributed by atoms with Gasteiger partial charge in [0, 0.05) is 18.9 Å². The largest absolute Gasteiger partial charge is 0.390 e. The summed E-state index contributed by atoms with van der Waals surface area (Å²) in [4.78, 5) is 4.33. The lowest BCUT2D eigenvalue weighted by Crippen LogP contribution is -2.29. The summed E-state index contributed by atoms with van der Waals surface area (Å²) >= 11 is 1.62. The minimum atomic E-state index is -0.448. The molecule has 0 spiro atoms. The highest BCUT2D eigenvalue weighted by Gasteiger charge is 2.19. The summed E-state index contributed by atoms with van der Waals surface area (Å²) in [6.45, 7) is 4.06. The quantitative estimate of drug-likeness (QED) is 0.813. The van der Waals surface area contributed by atoms with Gasteiger partial charge >= 0.3 is 0 Å². The van der Waals surface area contributed by atoms with E-state index in [1.165, 1.54) is 0 Å². The van der Waals surface area contributed by atoms with Crippen LogP contribution in [0.5, 0.6) is 0 Å². The van der Waals surface area contributed by atoms with Crippen molar-refractivity contribution in [3.05, 3.63) is 16.1 Å². The molecule has 1 N–H and O–H groups in total. The molecule has 2 unspecified atom stereocenters. The number of hydrogen-bond donors (Lipinski definition) is 1. The summed E-state index contributed by atoms with van der Waals surface area (Å²) in [5, 5.41) is 13.0. The summed E-state index contributed by atoms with van der Waals surface area (Å²) in [6.07, 6.45) is 1.98. The number of aryl methyl sites for hydroxylation is 1. The Hall–Kier alpha value is -0.450. The van der Waals surface area contributed by atoms with E-state index < -0.39 is 6.10 Å². The van der Waals surface area contributed by atoms with Crippen molar-refractivity contribution >= 4 is 11.3 Å². The maximum atomic E-state index is 9.94. The molecule has 15 heavy (non-hydrogen) atoms. The van der Waals surface area contributed by atoms with Gasteiger partial charge in [-0.25, -0.2) is 4.98 Å². The molecule has 0 aromatic carbocycles. The predicted octanol–water partition coefficient (Wildman–Crippen LogP) is 2.17. The van der Waals surface area contributed by atoms with Gasteiger partial charge in [-0.2, -0.15) is 0 Å². The number of rotatable bonds is 6. The van der Waals surface area contributed by atoms with Gasteiger partial charge in [0.2, 0.25) is 0 Å². The van der Waals surface area contributed by atoms with Gasteiger partial charge in [0.1, 0.15) is 0 Å². The molecule has 2 atom stereocenters. The zero-order valence-corrected chi connectivity index (χ0v) is 10.4. The average Bonchev–Trinajstić information content (AvgIpc) is 2.60. The van der Waals surface area contributed by atoms with E-state index in [-0.39, 0.29) is 6.10 Å². The van der Waals surface area contributed by atoms with Crippen molar-refractivity contribution in [3.8, 4) is 0 Å². The molecule has 0 fully saturated rings. The molecular formula is C11H19NO2S. The lowest BCUT2D eigenvalue weighted by atomic mass is 10.0. The van der Waals surface area contributed by atoms with E-state index in [1.807, 2.05) is 12.3 Å². The van der Waals surface area contributed by atoms with Gasteiger partial charge in [-0.05, 0) is 13.3 Å². The Morgan fingerprint density at radius 2 is 2.33 bits per heavy atom. The van der Waals surface area contributed by atoms with E-state index in [4.69, 9.17) is 4.74 Å². The predicted molar refractivity (Wildman–Crippen MR) is 62.3 cm³/mol. The maximum absolute atomic E-state index is 9.94. The molecule has 1 rings (SSSR count). The van der Waals surface area contributed by atoms with Gasteiger partial charge in [-0.15, -0.1) is 11.3 Å². The lowest BCUT2D eigenvalue weighted by Gasteiger charge is -2.20. The van der Waals surface area contributed by atoms with Crippen LogP contribution in [0.3, 0.4) is 0 Å². The Kier molecular flexibility index (Phi) is 5.22. The summed E-state index contributed by atoms with van der Waals surface area (Å²) in [5.74, 6) is 0. The maximum Gasteiger partial charge on any atom is 0.0897 e. The van der Waals surface area contributed by atoms with E-state index in [9.17, 15) is 5.11 Å². The molecule has 0 radical (unpaired) electrons. The van der Waals surface area contributed by atoms with Crippen LogP contribution in [0.25, 0.3) is 0 Å². The SMILES string of the molecule is CCCC(OC)C(O)Cc1csc(C)n1. The number of aromatic nitrogens is 1. The summed E-state index contributed by atoms with van der Waals surface area (Å²) in [5.41, 5.74) is 0.961. The van der Waals surface area contributed by atoms with Crippen LogP contribution in [0.15, 0.2) is 5.38 Å². The van der Waals surface area contributed by atoms with E-state index >= 15 is 0 Å². The molecule has 3 nitrogen and oxygen atoms in total. The van der Waals surface area contributed by atoms with Gasteiger partial charge in [-0.1, -0.05) is 13.3 Å². The number of hydrogen-bond acceptors (Lipinski definition) is 4. The second-order valence-corrected chi connectivity index (χ2v) is 4.75. The molecule has 0 aliphatic carbocycles. The fourth-order valence-electron chi connectivity index (χ4n) is 1.60. The Balaban J connectivity index is 2.49. The van der Waals surface area contributed by atoms with Crippen LogP contribution < -0.4 is 0 Å². The summed E-state index contributed by atoms with van der Waals surface area (Å²) in [7, 11) is 1.65. The van der Waals surface area contributed by atoms with E-state index in [0.29, 0.717) is 6.42 Å². The van der Waals surface area contributed by atoms with Crippen molar-refractivity contribution in [2.75, 3.05) is 7.11 Å². The number of ether oxygens (including phenoxy) is 1. The van der Waals surface area contributed by atoms with Gasteiger partial charge < -0.3 is 9.84 Å². The number of thiazole rings is 1. The van der Waals surface area contributed by atoms with Gasteiger partial charge in [0.05, 0.1) is 22.9 Å². The molecule has 1 aromatic heterocycles. The number of aliphatic hydroxyl groups excluding tert-OH is 1. The number of nitrogens with zero attached hydrogens (tertiary/aromatic N) is 1. The standard InChI is InChI=1S/C11H19NO2S/c1-4-5-11(14-3)10(13)6-9-7-15-8(2)12-9/h7,10-11,13H,4-6H2,1-3H3. The highest BCUT2D eigenvalue weighted by molar-refractivity contribution is 7.09. The molecule has 0 aliphatic rings. The first-order valence-electron chi connectivity index (χ1n) is 5.29. The molecule has 1 aromatic rings. The smallest absolute Gasteiger partial charge is 0.0897 e. The van der Waals surface area contributed by atoms with Crippen molar-refractivity contribution in [1.82, 2.24) is 4.98 Å². The number of aliphatic hydroxyl groups is 1. The second-order valence-electron chi connectivity index (χ2n) is 3.69. The lowest BCUT2D eigenvalue weighted by molar-refractivity contribution is -0.0162. The third-order valence-electron chi connectivity index (χ3n) is 2.39. The van der Waals surface area contributed by atoms with Crippen LogP contribution in [-0.2, 0) is 11.2 Å². The third-order valence-corrected chi connectivity index (χ3v) is 3.21. The van der Waals surface area contributed by atoms with Gasteiger partial charge in [0.25, 0.3) is 0 Å². The Labute approximate surface area is 95.1 Å².